The van der Waals surface area contributed by atoms with Gasteiger partial charge in [0.15, 0.2) is 0 Å². The van der Waals surface area contributed by atoms with E-state index in [1.165, 1.54) is 25.3 Å². The highest BCUT2D eigenvalue weighted by Crippen LogP contribution is 2.29. The maximum absolute atomic E-state index is 13.7. The van der Waals surface area contributed by atoms with Crippen LogP contribution in [0.2, 0.25) is 0 Å². The van der Waals surface area contributed by atoms with Crippen LogP contribution in [0.15, 0.2) is 60.8 Å². The molecule has 1 aromatic heterocycles. The molecule has 9 N–H and O–H groups in total. The SMILES string of the molecule is C[C@@H](N)C(=O)NC(CCC[N+](C)(CCN)CCN)C(=O)NC(Cc1ccc(C(F)(F)F)cc1)C(=O)Nc1cnc2ccccc2c1. The number of amides is 3. The summed E-state index contributed by atoms with van der Waals surface area (Å²) >= 11 is 0. The van der Waals surface area contributed by atoms with E-state index in [0.29, 0.717) is 54.9 Å². The number of rotatable bonds is 16. The number of carbonyl (C=O) groups excluding carboxylic acids is 3. The zero-order valence-electron chi connectivity index (χ0n) is 26.1. The summed E-state index contributed by atoms with van der Waals surface area (Å²) in [5.74, 6) is -1.80. The summed E-state index contributed by atoms with van der Waals surface area (Å²) in [5.41, 5.74) is 18.0. The first-order chi connectivity index (χ1) is 21.7. The lowest BCUT2D eigenvalue weighted by Gasteiger charge is -2.34. The van der Waals surface area contributed by atoms with Crippen molar-refractivity contribution in [1.29, 1.82) is 0 Å². The summed E-state index contributed by atoms with van der Waals surface area (Å²) in [6.45, 7) is 4.39. The molecule has 0 saturated heterocycles. The van der Waals surface area contributed by atoms with E-state index < -0.39 is 47.6 Å². The first-order valence-corrected chi connectivity index (χ1v) is 15.2. The van der Waals surface area contributed by atoms with Crippen molar-refractivity contribution in [1.82, 2.24) is 15.6 Å². The largest absolute Gasteiger partial charge is 0.416 e. The van der Waals surface area contributed by atoms with Crippen LogP contribution in [0.1, 0.15) is 30.9 Å². The molecule has 2 aromatic carbocycles. The van der Waals surface area contributed by atoms with Crippen LogP contribution in [0.3, 0.4) is 0 Å². The second-order valence-corrected chi connectivity index (χ2v) is 11.7. The van der Waals surface area contributed by atoms with Crippen LogP contribution in [-0.2, 0) is 27.0 Å². The molecular formula is C32H44F3N8O3+. The standard InChI is InChI=1S/C32H43F3N8O3/c1-21(38)29(44)41-27(8-5-15-43(2,16-13-36)17-14-37)30(45)42-28(18-22-9-11-24(12-10-22)32(33,34)35)31(46)40-25-19-23-6-3-4-7-26(23)39-20-25/h3-4,6-7,9-12,19-21,27-28H,5,8,13-18,36-38H2,1-2H3,(H2-,40,41,42,44,45,46)/p+1/t21-,27?,28?/m1/s1. The summed E-state index contributed by atoms with van der Waals surface area (Å²) in [5, 5.41) is 8.91. The van der Waals surface area contributed by atoms with Crippen LogP contribution in [-0.4, -0.2) is 85.1 Å². The number of pyridine rings is 1. The fraction of sp³-hybridized carbons (Fsp3) is 0.438. The Morgan fingerprint density at radius 3 is 2.13 bits per heavy atom. The Labute approximate surface area is 266 Å². The summed E-state index contributed by atoms with van der Waals surface area (Å²) in [6, 6.07) is 10.3. The van der Waals surface area contributed by atoms with Crippen LogP contribution in [0.5, 0.6) is 0 Å². The predicted octanol–water partition coefficient (Wildman–Crippen LogP) is 1.90. The van der Waals surface area contributed by atoms with Crippen LogP contribution >= 0.6 is 0 Å². The highest BCUT2D eigenvalue weighted by molar-refractivity contribution is 5.99. The minimum absolute atomic E-state index is 0.118. The van der Waals surface area contributed by atoms with Crippen molar-refractivity contribution in [3.05, 3.63) is 71.9 Å². The highest BCUT2D eigenvalue weighted by Gasteiger charge is 2.31. The van der Waals surface area contributed by atoms with Gasteiger partial charge in [-0.15, -0.1) is 0 Å². The van der Waals surface area contributed by atoms with Gasteiger partial charge >= 0.3 is 6.18 Å². The third-order valence-electron chi connectivity index (χ3n) is 7.79. The van der Waals surface area contributed by atoms with Gasteiger partial charge in [-0.3, -0.25) is 19.4 Å². The second-order valence-electron chi connectivity index (χ2n) is 11.7. The van der Waals surface area contributed by atoms with Crippen LogP contribution in [0.4, 0.5) is 18.9 Å². The predicted molar refractivity (Wildman–Crippen MR) is 171 cm³/mol. The number of hydrogen-bond acceptors (Lipinski definition) is 7. The van der Waals surface area contributed by atoms with E-state index in [2.05, 4.69) is 20.9 Å². The number of para-hydroxylation sites is 1. The molecule has 0 spiro atoms. The number of hydrogen-bond donors (Lipinski definition) is 6. The zero-order chi connectivity index (χ0) is 33.9. The molecule has 0 fully saturated rings. The Kier molecular flexibility index (Phi) is 13.0. The molecule has 250 valence electrons. The van der Waals surface area contributed by atoms with E-state index in [1.54, 1.807) is 6.07 Å². The summed E-state index contributed by atoms with van der Waals surface area (Å²) in [6.07, 6.45) is -2.42. The molecule has 0 aliphatic heterocycles. The molecule has 3 aromatic rings. The summed E-state index contributed by atoms with van der Waals surface area (Å²) < 4.78 is 40.1. The molecule has 0 saturated carbocycles. The Morgan fingerprint density at radius 1 is 0.891 bits per heavy atom. The van der Waals surface area contributed by atoms with E-state index in [-0.39, 0.29) is 12.8 Å². The average molecular weight is 646 g/mol. The number of alkyl halides is 3. The molecule has 11 nitrogen and oxygen atoms in total. The lowest BCUT2D eigenvalue weighted by Crippen LogP contribution is -2.55. The molecule has 3 rings (SSSR count). The van der Waals surface area contributed by atoms with Gasteiger partial charge < -0.3 is 37.6 Å². The first kappa shape index (κ1) is 36.4. The van der Waals surface area contributed by atoms with E-state index >= 15 is 0 Å². The van der Waals surface area contributed by atoms with Gasteiger partial charge in [-0.2, -0.15) is 13.2 Å². The van der Waals surface area contributed by atoms with E-state index in [9.17, 15) is 27.6 Å². The van der Waals surface area contributed by atoms with Gasteiger partial charge in [-0.1, -0.05) is 30.3 Å². The molecule has 46 heavy (non-hydrogen) atoms. The van der Waals surface area contributed by atoms with Crippen molar-refractivity contribution in [3.8, 4) is 0 Å². The van der Waals surface area contributed by atoms with Crippen LogP contribution in [0.25, 0.3) is 10.9 Å². The molecule has 0 radical (unpaired) electrons. The number of nitrogens with two attached hydrogens (primary N) is 3. The lowest BCUT2D eigenvalue weighted by molar-refractivity contribution is -0.907. The van der Waals surface area contributed by atoms with E-state index in [1.807, 2.05) is 31.3 Å². The van der Waals surface area contributed by atoms with Gasteiger partial charge in [0, 0.05) is 24.9 Å². The zero-order valence-corrected chi connectivity index (χ0v) is 26.1. The fourth-order valence-corrected chi connectivity index (χ4v) is 5.12. The number of halogens is 3. The van der Waals surface area contributed by atoms with Crippen LogP contribution in [0, 0.1) is 0 Å². The third-order valence-corrected chi connectivity index (χ3v) is 7.79. The lowest BCUT2D eigenvalue weighted by atomic mass is 10.0. The molecule has 0 aliphatic carbocycles. The average Bonchev–Trinajstić information content (AvgIpc) is 3.00. The Balaban J connectivity index is 1.85. The number of nitrogens with zero attached hydrogens (tertiary/aromatic N) is 2. The monoisotopic (exact) mass is 645 g/mol. The number of fused-ring (bicyclic) bond motifs is 1. The van der Waals surface area contributed by atoms with Crippen LogP contribution < -0.4 is 33.2 Å². The fourth-order valence-electron chi connectivity index (χ4n) is 5.12. The number of benzene rings is 2. The van der Waals surface area contributed by atoms with Crippen molar-refractivity contribution in [2.45, 2.75) is 50.5 Å². The number of carbonyl (C=O) groups is 3. The summed E-state index contributed by atoms with van der Waals surface area (Å²) in [7, 11) is 2.02. The van der Waals surface area contributed by atoms with Gasteiger partial charge in [-0.05, 0) is 49.6 Å². The van der Waals surface area contributed by atoms with Crippen molar-refractivity contribution < 1.29 is 32.0 Å². The van der Waals surface area contributed by atoms with E-state index in [4.69, 9.17) is 17.2 Å². The molecular weight excluding hydrogens is 601 g/mol. The number of nitrogens with one attached hydrogen (secondary N) is 3. The molecule has 14 heteroatoms. The molecule has 3 amide bonds. The van der Waals surface area contributed by atoms with Gasteiger partial charge in [0.2, 0.25) is 17.7 Å². The first-order valence-electron chi connectivity index (χ1n) is 15.2. The molecule has 0 bridgehead atoms. The number of quaternary nitrogens is 1. The quantitative estimate of drug-likeness (QED) is 0.129. The smallest absolute Gasteiger partial charge is 0.343 e. The van der Waals surface area contributed by atoms with E-state index in [0.717, 1.165) is 23.0 Å². The Bertz CT molecular complexity index is 1460. The van der Waals surface area contributed by atoms with Crippen molar-refractivity contribution in [3.63, 3.8) is 0 Å². The maximum atomic E-state index is 13.7. The number of anilines is 1. The second kappa shape index (κ2) is 16.5. The number of likely N-dealkylation sites (N-methyl/N-ethyl adjacent to an activating group) is 1. The third kappa shape index (κ3) is 10.8. The van der Waals surface area contributed by atoms with Gasteiger partial charge in [-0.25, -0.2) is 0 Å². The molecule has 0 aliphatic rings. The Hall–Kier alpha value is -4.11. The molecule has 2 unspecified atom stereocenters. The summed E-state index contributed by atoms with van der Waals surface area (Å²) in [4.78, 5) is 44.2. The Morgan fingerprint density at radius 2 is 1.52 bits per heavy atom. The number of aromatic nitrogens is 1. The van der Waals surface area contributed by atoms with Gasteiger partial charge in [0.25, 0.3) is 0 Å². The van der Waals surface area contributed by atoms with Crippen molar-refractivity contribution in [2.24, 2.45) is 17.2 Å². The van der Waals surface area contributed by atoms with Crippen molar-refractivity contribution in [2.75, 3.05) is 45.1 Å². The van der Waals surface area contributed by atoms with Gasteiger partial charge in [0.05, 0.1) is 55.7 Å². The highest BCUT2D eigenvalue weighted by atomic mass is 19.4. The van der Waals surface area contributed by atoms with Crippen molar-refractivity contribution >= 4 is 34.3 Å². The maximum Gasteiger partial charge on any atom is 0.416 e. The normalized spacial score (nSPS) is 13.9. The topological polar surface area (TPSA) is 178 Å². The molecule has 3 atom stereocenters. The minimum Gasteiger partial charge on any atom is -0.343 e. The van der Waals surface area contributed by atoms with Gasteiger partial charge in [0.1, 0.15) is 12.1 Å². The minimum atomic E-state index is -4.53. The molecule has 1 heterocycles.